The zero-order valence-corrected chi connectivity index (χ0v) is 14.7. The highest BCUT2D eigenvalue weighted by molar-refractivity contribution is 6.21. The van der Waals surface area contributed by atoms with Crippen LogP contribution >= 0.6 is 0 Å². The SMILES string of the molecule is CC(C)(C)OC(=O)N1CCO[C@@H](CN2C(=O)c3ccccc3C2=O)C1. The van der Waals surface area contributed by atoms with Crippen LogP contribution < -0.4 is 0 Å². The maximum absolute atomic E-state index is 12.4. The first-order valence-corrected chi connectivity index (χ1v) is 8.31. The molecule has 7 nitrogen and oxygen atoms in total. The molecular weight excluding hydrogens is 324 g/mol. The molecular formula is C18H22N2O5. The van der Waals surface area contributed by atoms with Gasteiger partial charge >= 0.3 is 6.09 Å². The highest BCUT2D eigenvalue weighted by Gasteiger charge is 2.38. The summed E-state index contributed by atoms with van der Waals surface area (Å²) < 4.78 is 11.0. The number of morpholine rings is 1. The molecule has 1 fully saturated rings. The Hall–Kier alpha value is -2.41. The minimum atomic E-state index is -0.576. The average Bonchev–Trinajstić information content (AvgIpc) is 2.79. The van der Waals surface area contributed by atoms with Crippen LogP contribution in [0.15, 0.2) is 24.3 Å². The number of benzene rings is 1. The number of rotatable bonds is 2. The molecule has 0 radical (unpaired) electrons. The predicted molar refractivity (Wildman–Crippen MR) is 89.4 cm³/mol. The summed E-state index contributed by atoms with van der Waals surface area (Å²) in [5.41, 5.74) is 0.243. The summed E-state index contributed by atoms with van der Waals surface area (Å²) in [6.45, 7) is 6.58. The van der Waals surface area contributed by atoms with E-state index in [0.717, 1.165) is 0 Å². The van der Waals surface area contributed by atoms with E-state index in [4.69, 9.17) is 9.47 Å². The molecule has 1 aromatic rings. The number of hydrogen-bond acceptors (Lipinski definition) is 5. The molecule has 0 aliphatic carbocycles. The number of hydrogen-bond donors (Lipinski definition) is 0. The van der Waals surface area contributed by atoms with Crippen molar-refractivity contribution in [3.63, 3.8) is 0 Å². The van der Waals surface area contributed by atoms with Gasteiger partial charge in [0.25, 0.3) is 11.8 Å². The predicted octanol–water partition coefficient (Wildman–Crippen LogP) is 1.92. The molecule has 0 unspecified atom stereocenters. The fraction of sp³-hybridized carbons (Fsp3) is 0.500. The molecule has 7 heteroatoms. The van der Waals surface area contributed by atoms with Crippen LogP contribution in [0.3, 0.4) is 0 Å². The van der Waals surface area contributed by atoms with Gasteiger partial charge in [-0.1, -0.05) is 12.1 Å². The molecule has 0 N–H and O–H groups in total. The van der Waals surface area contributed by atoms with Crippen molar-refractivity contribution in [2.45, 2.75) is 32.5 Å². The topological polar surface area (TPSA) is 76.2 Å². The maximum atomic E-state index is 12.4. The van der Waals surface area contributed by atoms with Gasteiger partial charge in [-0.15, -0.1) is 0 Å². The van der Waals surface area contributed by atoms with E-state index in [2.05, 4.69) is 0 Å². The van der Waals surface area contributed by atoms with Crippen molar-refractivity contribution in [2.75, 3.05) is 26.2 Å². The highest BCUT2D eigenvalue weighted by Crippen LogP contribution is 2.23. The van der Waals surface area contributed by atoms with Crippen molar-refractivity contribution in [3.05, 3.63) is 35.4 Å². The third kappa shape index (κ3) is 3.66. The lowest BCUT2D eigenvalue weighted by Crippen LogP contribution is -2.51. The second kappa shape index (κ2) is 6.48. The van der Waals surface area contributed by atoms with Crippen molar-refractivity contribution < 1.29 is 23.9 Å². The van der Waals surface area contributed by atoms with Gasteiger partial charge in [0.1, 0.15) is 5.60 Å². The lowest BCUT2D eigenvalue weighted by molar-refractivity contribution is -0.0475. The molecule has 0 aromatic heterocycles. The van der Waals surface area contributed by atoms with Crippen molar-refractivity contribution in [1.82, 2.24) is 9.80 Å². The third-order valence-corrected chi connectivity index (χ3v) is 4.05. The van der Waals surface area contributed by atoms with Crippen LogP contribution in [0.1, 0.15) is 41.5 Å². The van der Waals surface area contributed by atoms with E-state index in [-0.39, 0.29) is 24.9 Å². The van der Waals surface area contributed by atoms with Gasteiger partial charge in [0.05, 0.1) is 36.9 Å². The molecule has 2 aliphatic heterocycles. The van der Waals surface area contributed by atoms with E-state index >= 15 is 0 Å². The summed E-state index contributed by atoms with van der Waals surface area (Å²) in [6.07, 6.45) is -0.841. The quantitative estimate of drug-likeness (QED) is 0.765. The van der Waals surface area contributed by atoms with Crippen molar-refractivity contribution >= 4 is 17.9 Å². The smallest absolute Gasteiger partial charge is 0.410 e. The lowest BCUT2D eigenvalue weighted by Gasteiger charge is -2.35. The van der Waals surface area contributed by atoms with Crippen LogP contribution in [0.5, 0.6) is 0 Å². The number of ether oxygens (including phenoxy) is 2. The fourth-order valence-corrected chi connectivity index (χ4v) is 2.93. The van der Waals surface area contributed by atoms with E-state index in [9.17, 15) is 14.4 Å². The van der Waals surface area contributed by atoms with Gasteiger partial charge in [-0.2, -0.15) is 0 Å². The number of carbonyl (C=O) groups is 3. The number of fused-ring (bicyclic) bond motifs is 1. The number of carbonyl (C=O) groups excluding carboxylic acids is 3. The normalized spacial score (nSPS) is 20.7. The first-order valence-electron chi connectivity index (χ1n) is 8.31. The van der Waals surface area contributed by atoms with Crippen LogP contribution in [0, 0.1) is 0 Å². The Morgan fingerprint density at radius 1 is 1.20 bits per heavy atom. The second-order valence-corrected chi connectivity index (χ2v) is 7.19. The molecule has 3 rings (SSSR count). The van der Waals surface area contributed by atoms with Gasteiger partial charge in [-0.05, 0) is 32.9 Å². The standard InChI is InChI=1S/C18H22N2O5/c1-18(2,3)25-17(23)19-8-9-24-12(10-19)11-20-15(21)13-6-4-5-7-14(13)16(20)22/h4-7,12H,8-11H2,1-3H3/t12-/m1/s1. The molecule has 25 heavy (non-hydrogen) atoms. The third-order valence-electron chi connectivity index (χ3n) is 4.05. The van der Waals surface area contributed by atoms with E-state index in [0.29, 0.717) is 24.3 Å². The van der Waals surface area contributed by atoms with Gasteiger partial charge in [0, 0.05) is 6.54 Å². The number of amides is 3. The van der Waals surface area contributed by atoms with Gasteiger partial charge in [-0.25, -0.2) is 4.79 Å². The van der Waals surface area contributed by atoms with Gasteiger partial charge in [0.2, 0.25) is 0 Å². The van der Waals surface area contributed by atoms with Gasteiger partial charge in [-0.3, -0.25) is 14.5 Å². The summed E-state index contributed by atoms with van der Waals surface area (Å²) >= 11 is 0. The van der Waals surface area contributed by atoms with E-state index in [1.165, 1.54) is 4.90 Å². The Morgan fingerprint density at radius 3 is 2.36 bits per heavy atom. The Morgan fingerprint density at radius 2 is 1.80 bits per heavy atom. The number of imide groups is 1. The molecule has 0 bridgehead atoms. The largest absolute Gasteiger partial charge is 0.444 e. The average molecular weight is 346 g/mol. The van der Waals surface area contributed by atoms with Crippen molar-refractivity contribution in [2.24, 2.45) is 0 Å². The summed E-state index contributed by atoms with van der Waals surface area (Å²) in [7, 11) is 0. The van der Waals surface area contributed by atoms with Crippen LogP contribution in [0.4, 0.5) is 4.79 Å². The monoisotopic (exact) mass is 346 g/mol. The first-order chi connectivity index (χ1) is 11.8. The second-order valence-electron chi connectivity index (χ2n) is 7.19. The summed E-state index contributed by atoms with van der Waals surface area (Å²) in [5, 5.41) is 0. The summed E-state index contributed by atoms with van der Waals surface area (Å²) in [6, 6.07) is 6.75. The minimum absolute atomic E-state index is 0.117. The molecule has 2 aliphatic rings. The lowest BCUT2D eigenvalue weighted by atomic mass is 10.1. The highest BCUT2D eigenvalue weighted by atomic mass is 16.6. The molecule has 134 valence electrons. The Labute approximate surface area is 146 Å². The van der Waals surface area contributed by atoms with E-state index in [1.54, 1.807) is 29.2 Å². The Kier molecular flexibility index (Phi) is 4.51. The zero-order chi connectivity index (χ0) is 18.2. The first kappa shape index (κ1) is 17.4. The van der Waals surface area contributed by atoms with Crippen LogP contribution in [-0.2, 0) is 9.47 Å². The van der Waals surface area contributed by atoms with E-state index < -0.39 is 17.8 Å². The molecule has 0 spiro atoms. The molecule has 1 aromatic carbocycles. The van der Waals surface area contributed by atoms with Crippen LogP contribution in [0.2, 0.25) is 0 Å². The Bertz CT molecular complexity index is 675. The summed E-state index contributed by atoms with van der Waals surface area (Å²) in [4.78, 5) is 39.8. The maximum Gasteiger partial charge on any atom is 0.410 e. The fourth-order valence-electron chi connectivity index (χ4n) is 2.93. The zero-order valence-electron chi connectivity index (χ0n) is 14.7. The minimum Gasteiger partial charge on any atom is -0.444 e. The Balaban J connectivity index is 1.65. The number of nitrogens with zero attached hydrogens (tertiary/aromatic N) is 2. The van der Waals surface area contributed by atoms with E-state index in [1.807, 2.05) is 20.8 Å². The molecule has 0 saturated carbocycles. The van der Waals surface area contributed by atoms with Crippen LogP contribution in [0.25, 0.3) is 0 Å². The molecule has 2 heterocycles. The van der Waals surface area contributed by atoms with Crippen LogP contribution in [-0.4, -0.2) is 65.7 Å². The molecule has 1 atom stereocenters. The molecule has 3 amide bonds. The summed E-state index contributed by atoms with van der Waals surface area (Å²) in [5.74, 6) is -0.641. The van der Waals surface area contributed by atoms with Gasteiger partial charge < -0.3 is 14.4 Å². The van der Waals surface area contributed by atoms with Crippen molar-refractivity contribution in [1.29, 1.82) is 0 Å². The molecule has 1 saturated heterocycles. The van der Waals surface area contributed by atoms with Gasteiger partial charge in [0.15, 0.2) is 0 Å². The van der Waals surface area contributed by atoms with Crippen molar-refractivity contribution in [3.8, 4) is 0 Å².